The van der Waals surface area contributed by atoms with Gasteiger partial charge < -0.3 is 9.84 Å². The summed E-state index contributed by atoms with van der Waals surface area (Å²) in [6, 6.07) is -0.968. The van der Waals surface area contributed by atoms with Crippen LogP contribution in [-0.4, -0.2) is 39.7 Å². The first-order valence-electron chi connectivity index (χ1n) is 6.55. The molecule has 0 aliphatic carbocycles. The van der Waals surface area contributed by atoms with Crippen molar-refractivity contribution in [2.24, 2.45) is 5.92 Å². The highest BCUT2D eigenvalue weighted by Crippen LogP contribution is 2.18. The first-order valence-corrected chi connectivity index (χ1v) is 7.42. The molecule has 1 amide bonds. The summed E-state index contributed by atoms with van der Waals surface area (Å²) in [4.78, 5) is 29.1. The van der Waals surface area contributed by atoms with Crippen LogP contribution in [0.15, 0.2) is 18.0 Å². The highest BCUT2D eigenvalue weighted by molar-refractivity contribution is 7.09. The molecule has 116 valence electrons. The van der Waals surface area contributed by atoms with Gasteiger partial charge in [0.25, 0.3) is 0 Å². The van der Waals surface area contributed by atoms with Crippen molar-refractivity contribution in [3.05, 3.63) is 28.7 Å². The number of carboxylic acid groups (broad SMARTS) is 1. The van der Waals surface area contributed by atoms with Gasteiger partial charge in [0, 0.05) is 5.38 Å². The molecule has 0 fully saturated rings. The minimum absolute atomic E-state index is 0.0376. The van der Waals surface area contributed by atoms with Gasteiger partial charge in [-0.2, -0.15) is 0 Å². The van der Waals surface area contributed by atoms with Gasteiger partial charge in [0.1, 0.15) is 12.6 Å². The molecule has 6 nitrogen and oxygen atoms in total. The largest absolute Gasteiger partial charge is 0.480 e. The molecule has 1 unspecified atom stereocenters. The molecule has 1 atom stereocenters. The van der Waals surface area contributed by atoms with Crippen LogP contribution in [0.1, 0.15) is 24.5 Å². The summed E-state index contributed by atoms with van der Waals surface area (Å²) in [6.45, 7) is 8.97. The van der Waals surface area contributed by atoms with Gasteiger partial charge in [-0.05, 0) is 12.8 Å². The molecular formula is C14H20N2O4S. The molecule has 7 heteroatoms. The molecule has 0 bridgehead atoms. The Balaban J connectivity index is 2.99. The number of nitrogens with zero attached hydrogens (tertiary/aromatic N) is 2. The molecule has 1 rings (SSSR count). The van der Waals surface area contributed by atoms with Gasteiger partial charge in [0.05, 0.1) is 17.2 Å². The van der Waals surface area contributed by atoms with Crippen molar-refractivity contribution in [3.63, 3.8) is 0 Å². The van der Waals surface area contributed by atoms with Crippen molar-refractivity contribution in [1.82, 2.24) is 9.88 Å². The number of aliphatic carboxylic acids is 1. The lowest BCUT2D eigenvalue weighted by Gasteiger charge is -2.30. The van der Waals surface area contributed by atoms with Crippen LogP contribution in [0.25, 0.3) is 0 Å². The van der Waals surface area contributed by atoms with Crippen LogP contribution in [0.4, 0.5) is 4.79 Å². The lowest BCUT2D eigenvalue weighted by molar-refractivity contribution is -0.144. The monoisotopic (exact) mass is 312 g/mol. The molecule has 1 heterocycles. The number of rotatable bonds is 7. The molecule has 1 aromatic heterocycles. The standard InChI is InChI=1S/C14H20N2O4S/c1-5-6-20-14(19)16(12(9(2)3)13(17)18)7-11-8-21-10(4)15-11/h5,8-9,12H,1,6-7H2,2-4H3,(H,17,18). The van der Waals surface area contributed by atoms with Crippen LogP contribution in [-0.2, 0) is 16.1 Å². The molecule has 0 aliphatic heterocycles. The summed E-state index contributed by atoms with van der Waals surface area (Å²) < 4.78 is 4.99. The third-order valence-corrected chi connectivity index (χ3v) is 3.60. The Morgan fingerprint density at radius 3 is 2.67 bits per heavy atom. The Morgan fingerprint density at radius 2 is 2.24 bits per heavy atom. The minimum Gasteiger partial charge on any atom is -0.480 e. The smallest absolute Gasteiger partial charge is 0.411 e. The maximum Gasteiger partial charge on any atom is 0.411 e. The fourth-order valence-electron chi connectivity index (χ4n) is 1.92. The van der Waals surface area contributed by atoms with Crippen LogP contribution in [0.2, 0.25) is 0 Å². The number of amides is 1. The van der Waals surface area contributed by atoms with E-state index in [1.54, 1.807) is 13.8 Å². The van der Waals surface area contributed by atoms with E-state index < -0.39 is 18.1 Å². The molecule has 0 saturated carbocycles. The van der Waals surface area contributed by atoms with E-state index >= 15 is 0 Å². The van der Waals surface area contributed by atoms with Crippen molar-refractivity contribution in [2.75, 3.05) is 6.61 Å². The van der Waals surface area contributed by atoms with E-state index in [-0.39, 0.29) is 19.1 Å². The van der Waals surface area contributed by atoms with Crippen molar-refractivity contribution in [1.29, 1.82) is 0 Å². The highest BCUT2D eigenvalue weighted by atomic mass is 32.1. The van der Waals surface area contributed by atoms with E-state index in [4.69, 9.17) is 4.74 Å². The first-order chi connectivity index (χ1) is 9.86. The number of thiazole rings is 1. The Hall–Kier alpha value is -1.89. The van der Waals surface area contributed by atoms with Gasteiger partial charge in [0.15, 0.2) is 0 Å². The van der Waals surface area contributed by atoms with Crippen molar-refractivity contribution in [3.8, 4) is 0 Å². The lowest BCUT2D eigenvalue weighted by atomic mass is 10.0. The maximum absolute atomic E-state index is 12.1. The normalized spacial score (nSPS) is 12.0. The van der Waals surface area contributed by atoms with E-state index in [0.29, 0.717) is 5.69 Å². The number of ether oxygens (including phenoxy) is 1. The number of hydrogen-bond donors (Lipinski definition) is 1. The van der Waals surface area contributed by atoms with E-state index in [0.717, 1.165) is 5.01 Å². The number of aryl methyl sites for hydroxylation is 1. The number of aromatic nitrogens is 1. The predicted molar refractivity (Wildman–Crippen MR) is 80.2 cm³/mol. The molecular weight excluding hydrogens is 292 g/mol. The third kappa shape index (κ3) is 4.86. The topological polar surface area (TPSA) is 79.7 Å². The zero-order valence-corrected chi connectivity index (χ0v) is 13.2. The van der Waals surface area contributed by atoms with Gasteiger partial charge in [-0.25, -0.2) is 14.6 Å². The zero-order valence-electron chi connectivity index (χ0n) is 12.4. The van der Waals surface area contributed by atoms with Crippen LogP contribution >= 0.6 is 11.3 Å². The van der Waals surface area contributed by atoms with E-state index in [1.807, 2.05) is 12.3 Å². The van der Waals surface area contributed by atoms with Gasteiger partial charge in [-0.1, -0.05) is 26.5 Å². The fourth-order valence-corrected chi connectivity index (χ4v) is 2.53. The quantitative estimate of drug-likeness (QED) is 0.783. The zero-order chi connectivity index (χ0) is 16.0. The summed E-state index contributed by atoms with van der Waals surface area (Å²) in [5, 5.41) is 12.1. The average molecular weight is 312 g/mol. The number of carboxylic acids is 1. The number of carbonyl (C=O) groups excluding carboxylic acids is 1. The van der Waals surface area contributed by atoms with E-state index in [2.05, 4.69) is 11.6 Å². The summed E-state index contributed by atoms with van der Waals surface area (Å²) in [5.41, 5.74) is 0.653. The Morgan fingerprint density at radius 1 is 1.57 bits per heavy atom. The van der Waals surface area contributed by atoms with Gasteiger partial charge in [-0.3, -0.25) is 4.90 Å². The highest BCUT2D eigenvalue weighted by Gasteiger charge is 2.33. The predicted octanol–water partition coefficient (Wildman–Crippen LogP) is 2.69. The molecule has 21 heavy (non-hydrogen) atoms. The molecule has 1 aromatic rings. The average Bonchev–Trinajstić information content (AvgIpc) is 2.79. The van der Waals surface area contributed by atoms with Gasteiger partial charge >= 0.3 is 12.1 Å². The maximum atomic E-state index is 12.1. The van der Waals surface area contributed by atoms with Crippen LogP contribution < -0.4 is 0 Å². The first kappa shape index (κ1) is 17.2. The van der Waals surface area contributed by atoms with Crippen LogP contribution in [0, 0.1) is 12.8 Å². The van der Waals surface area contributed by atoms with Crippen molar-refractivity contribution >= 4 is 23.4 Å². The second-order valence-electron chi connectivity index (χ2n) is 4.88. The van der Waals surface area contributed by atoms with E-state index in [1.165, 1.54) is 22.3 Å². The van der Waals surface area contributed by atoms with Crippen molar-refractivity contribution in [2.45, 2.75) is 33.4 Å². The Bertz CT molecular complexity index is 513. The molecule has 0 radical (unpaired) electrons. The molecule has 1 N–H and O–H groups in total. The van der Waals surface area contributed by atoms with Gasteiger partial charge in [-0.15, -0.1) is 11.3 Å². The summed E-state index contributed by atoms with van der Waals surface area (Å²) in [7, 11) is 0. The Labute approximate surface area is 128 Å². The SMILES string of the molecule is C=CCOC(=O)N(Cc1csc(C)n1)C(C(=O)O)C(C)C. The Kier molecular flexibility index (Phi) is 6.36. The minimum atomic E-state index is -1.06. The molecule has 0 aliphatic rings. The fraction of sp³-hybridized carbons (Fsp3) is 0.500. The second-order valence-corrected chi connectivity index (χ2v) is 5.94. The molecule has 0 aromatic carbocycles. The van der Waals surface area contributed by atoms with Crippen LogP contribution in [0.3, 0.4) is 0 Å². The summed E-state index contributed by atoms with van der Waals surface area (Å²) >= 11 is 1.45. The summed E-state index contributed by atoms with van der Waals surface area (Å²) in [6.07, 6.45) is 0.760. The van der Waals surface area contributed by atoms with Gasteiger partial charge in [0.2, 0.25) is 0 Å². The van der Waals surface area contributed by atoms with Crippen molar-refractivity contribution < 1.29 is 19.4 Å². The molecule has 0 saturated heterocycles. The molecule has 0 spiro atoms. The van der Waals surface area contributed by atoms with Crippen LogP contribution in [0.5, 0.6) is 0 Å². The second kappa shape index (κ2) is 7.78. The number of carbonyl (C=O) groups is 2. The summed E-state index contributed by atoms with van der Waals surface area (Å²) in [5.74, 6) is -1.31. The van der Waals surface area contributed by atoms with E-state index in [9.17, 15) is 14.7 Å². The lowest BCUT2D eigenvalue weighted by Crippen LogP contribution is -2.48. The third-order valence-electron chi connectivity index (χ3n) is 2.78. The number of hydrogen-bond acceptors (Lipinski definition) is 5.